The lowest BCUT2D eigenvalue weighted by Crippen LogP contribution is -2.37. The lowest BCUT2D eigenvalue weighted by molar-refractivity contribution is 0.446. The first-order valence-electron chi connectivity index (χ1n) is 3.63. The molecule has 0 aromatic carbocycles. The summed E-state index contributed by atoms with van der Waals surface area (Å²) in [7, 11) is 0. The van der Waals surface area contributed by atoms with Gasteiger partial charge in [-0.05, 0) is 13.8 Å². The monoisotopic (exact) mass is 139 g/mol. The van der Waals surface area contributed by atoms with Crippen molar-refractivity contribution in [3.63, 3.8) is 0 Å². The van der Waals surface area contributed by atoms with Crippen molar-refractivity contribution >= 4 is 0 Å². The molecule has 1 heterocycles. The normalized spacial score (nSPS) is 35.3. The van der Waals surface area contributed by atoms with E-state index >= 15 is 0 Å². The minimum atomic E-state index is 0.0601. The Balaban J connectivity index is 2.39. The van der Waals surface area contributed by atoms with Crippen molar-refractivity contribution in [1.29, 1.82) is 5.26 Å². The molecule has 0 aliphatic carbocycles. The largest absolute Gasteiger partial charge is 0.299 e. The quantitative estimate of drug-likeness (QED) is 0.540. The van der Waals surface area contributed by atoms with Crippen LogP contribution in [0.25, 0.3) is 0 Å². The third-order valence-electron chi connectivity index (χ3n) is 1.81. The second kappa shape index (κ2) is 3.00. The van der Waals surface area contributed by atoms with Crippen LogP contribution in [0, 0.1) is 17.2 Å². The standard InChI is InChI=1S/C7H13N3/c1-5(3-8)7-9-4-6(2)10-7/h5-7,9-10H,4H2,1-2H3. The van der Waals surface area contributed by atoms with Gasteiger partial charge in [-0.1, -0.05) is 0 Å². The molecule has 1 fully saturated rings. The molecular weight excluding hydrogens is 126 g/mol. The van der Waals surface area contributed by atoms with Crippen molar-refractivity contribution in [3.8, 4) is 6.07 Å². The zero-order chi connectivity index (χ0) is 7.56. The molecule has 3 nitrogen and oxygen atoms in total. The zero-order valence-corrected chi connectivity index (χ0v) is 6.39. The van der Waals surface area contributed by atoms with Gasteiger partial charge in [-0.25, -0.2) is 0 Å². The van der Waals surface area contributed by atoms with E-state index in [4.69, 9.17) is 5.26 Å². The minimum Gasteiger partial charge on any atom is -0.299 e. The van der Waals surface area contributed by atoms with E-state index in [1.54, 1.807) is 0 Å². The zero-order valence-electron chi connectivity index (χ0n) is 6.39. The second-order valence-electron chi connectivity index (χ2n) is 2.87. The molecular formula is C7H13N3. The van der Waals surface area contributed by atoms with Crippen molar-refractivity contribution in [2.24, 2.45) is 5.92 Å². The van der Waals surface area contributed by atoms with Gasteiger partial charge in [-0.3, -0.25) is 10.6 Å². The van der Waals surface area contributed by atoms with Crippen LogP contribution in [-0.4, -0.2) is 18.8 Å². The third-order valence-corrected chi connectivity index (χ3v) is 1.81. The van der Waals surface area contributed by atoms with Gasteiger partial charge in [0.05, 0.1) is 18.2 Å². The van der Waals surface area contributed by atoms with Crippen LogP contribution in [0.5, 0.6) is 0 Å². The molecule has 10 heavy (non-hydrogen) atoms. The van der Waals surface area contributed by atoms with Gasteiger partial charge in [-0.15, -0.1) is 0 Å². The molecule has 0 amide bonds. The van der Waals surface area contributed by atoms with Crippen LogP contribution in [0.4, 0.5) is 0 Å². The number of nitrogens with one attached hydrogen (secondary N) is 2. The Morgan fingerprint density at radius 2 is 2.40 bits per heavy atom. The van der Waals surface area contributed by atoms with Crippen LogP contribution >= 0.6 is 0 Å². The lowest BCUT2D eigenvalue weighted by atomic mass is 10.1. The van der Waals surface area contributed by atoms with Crippen LogP contribution in [0.3, 0.4) is 0 Å². The number of hydrogen-bond donors (Lipinski definition) is 2. The van der Waals surface area contributed by atoms with E-state index in [2.05, 4.69) is 23.6 Å². The van der Waals surface area contributed by atoms with E-state index in [0.717, 1.165) is 6.54 Å². The second-order valence-corrected chi connectivity index (χ2v) is 2.87. The highest BCUT2D eigenvalue weighted by Crippen LogP contribution is 2.03. The molecule has 0 spiro atoms. The fourth-order valence-electron chi connectivity index (χ4n) is 1.12. The molecule has 0 saturated carbocycles. The molecule has 1 aliphatic heterocycles. The van der Waals surface area contributed by atoms with Gasteiger partial charge in [-0.2, -0.15) is 5.26 Å². The summed E-state index contributed by atoms with van der Waals surface area (Å²) in [6, 6.07) is 2.70. The summed E-state index contributed by atoms with van der Waals surface area (Å²) in [6.45, 7) is 5.00. The van der Waals surface area contributed by atoms with E-state index in [-0.39, 0.29) is 12.1 Å². The van der Waals surface area contributed by atoms with E-state index in [1.165, 1.54) is 0 Å². The van der Waals surface area contributed by atoms with Crippen LogP contribution in [0.2, 0.25) is 0 Å². The lowest BCUT2D eigenvalue weighted by Gasteiger charge is -2.12. The van der Waals surface area contributed by atoms with Gasteiger partial charge < -0.3 is 0 Å². The van der Waals surface area contributed by atoms with Gasteiger partial charge in [0.2, 0.25) is 0 Å². The molecule has 3 atom stereocenters. The average molecular weight is 139 g/mol. The van der Waals surface area contributed by atoms with E-state index < -0.39 is 0 Å². The van der Waals surface area contributed by atoms with Crippen LogP contribution < -0.4 is 10.6 Å². The summed E-state index contributed by atoms with van der Waals surface area (Å²) in [5.41, 5.74) is 0. The highest BCUT2D eigenvalue weighted by atomic mass is 15.2. The molecule has 1 saturated heterocycles. The summed E-state index contributed by atoms with van der Waals surface area (Å²) in [5, 5.41) is 15.0. The summed E-state index contributed by atoms with van der Waals surface area (Å²) < 4.78 is 0. The molecule has 0 bridgehead atoms. The van der Waals surface area contributed by atoms with Gasteiger partial charge in [0, 0.05) is 12.6 Å². The number of nitriles is 1. The van der Waals surface area contributed by atoms with Gasteiger partial charge in [0.1, 0.15) is 0 Å². The third kappa shape index (κ3) is 1.47. The van der Waals surface area contributed by atoms with Crippen molar-refractivity contribution in [2.75, 3.05) is 6.54 Å². The van der Waals surface area contributed by atoms with Crippen molar-refractivity contribution < 1.29 is 0 Å². The Morgan fingerprint density at radius 1 is 1.70 bits per heavy atom. The number of hydrogen-bond acceptors (Lipinski definition) is 3. The fraction of sp³-hybridized carbons (Fsp3) is 0.857. The maximum Gasteiger partial charge on any atom is 0.0734 e. The van der Waals surface area contributed by atoms with Gasteiger partial charge in [0.15, 0.2) is 0 Å². The van der Waals surface area contributed by atoms with Crippen molar-refractivity contribution in [1.82, 2.24) is 10.6 Å². The number of rotatable bonds is 1. The predicted octanol–water partition coefficient (Wildman–Crippen LogP) is 0.0535. The average Bonchev–Trinajstić information content (AvgIpc) is 2.34. The smallest absolute Gasteiger partial charge is 0.0734 e. The van der Waals surface area contributed by atoms with Crippen molar-refractivity contribution in [3.05, 3.63) is 0 Å². The van der Waals surface area contributed by atoms with Crippen LogP contribution in [-0.2, 0) is 0 Å². The maximum absolute atomic E-state index is 8.55. The number of nitrogens with zero attached hydrogens (tertiary/aromatic N) is 1. The molecule has 0 radical (unpaired) electrons. The van der Waals surface area contributed by atoms with Gasteiger partial charge >= 0.3 is 0 Å². The van der Waals surface area contributed by atoms with Gasteiger partial charge in [0.25, 0.3) is 0 Å². The Bertz CT molecular complexity index is 149. The Hall–Kier alpha value is -0.590. The molecule has 56 valence electrons. The highest BCUT2D eigenvalue weighted by Gasteiger charge is 2.23. The Labute approximate surface area is 61.4 Å². The molecule has 0 aromatic heterocycles. The Kier molecular flexibility index (Phi) is 2.25. The molecule has 3 unspecified atom stereocenters. The van der Waals surface area contributed by atoms with E-state index in [1.807, 2.05) is 6.92 Å². The first kappa shape index (κ1) is 7.52. The minimum absolute atomic E-state index is 0.0601. The van der Waals surface area contributed by atoms with E-state index in [9.17, 15) is 0 Å². The highest BCUT2D eigenvalue weighted by molar-refractivity contribution is 4.92. The summed E-state index contributed by atoms with van der Waals surface area (Å²) in [4.78, 5) is 0. The molecule has 2 N–H and O–H groups in total. The first-order valence-corrected chi connectivity index (χ1v) is 3.63. The molecule has 0 aromatic rings. The maximum atomic E-state index is 8.55. The molecule has 1 aliphatic rings. The SMILES string of the molecule is CC1CNC(C(C)C#N)N1. The summed E-state index contributed by atoms with van der Waals surface area (Å²) >= 11 is 0. The van der Waals surface area contributed by atoms with Crippen molar-refractivity contribution in [2.45, 2.75) is 26.1 Å². The summed E-state index contributed by atoms with van der Waals surface area (Å²) in [5.74, 6) is 0.0601. The Morgan fingerprint density at radius 3 is 2.80 bits per heavy atom. The predicted molar refractivity (Wildman–Crippen MR) is 39.2 cm³/mol. The van der Waals surface area contributed by atoms with E-state index in [0.29, 0.717) is 6.04 Å². The van der Waals surface area contributed by atoms with Crippen LogP contribution in [0.15, 0.2) is 0 Å². The first-order chi connectivity index (χ1) is 4.74. The molecule has 1 rings (SSSR count). The van der Waals surface area contributed by atoms with Crippen LogP contribution in [0.1, 0.15) is 13.8 Å². The summed E-state index contributed by atoms with van der Waals surface area (Å²) in [6.07, 6.45) is 0.194. The topological polar surface area (TPSA) is 47.9 Å². The fourth-order valence-corrected chi connectivity index (χ4v) is 1.12. The molecule has 3 heteroatoms.